The molecule has 1 heterocycles. The molecule has 0 N–H and O–H groups in total. The van der Waals surface area contributed by atoms with Crippen molar-refractivity contribution >= 4 is 17.4 Å². The van der Waals surface area contributed by atoms with Gasteiger partial charge in [-0.15, -0.1) is 0 Å². The lowest BCUT2D eigenvalue weighted by Crippen LogP contribution is -2.14. The zero-order valence-corrected chi connectivity index (χ0v) is 11.1. The van der Waals surface area contributed by atoms with Gasteiger partial charge in [-0.3, -0.25) is 9.78 Å². The third kappa shape index (κ3) is 2.82. The Bertz CT molecular complexity index is 668. The smallest absolute Gasteiger partial charge is 0.288 e. The van der Waals surface area contributed by atoms with Crippen molar-refractivity contribution in [3.63, 3.8) is 0 Å². The fraction of sp³-hybridized carbons (Fsp3) is 0.143. The summed E-state index contributed by atoms with van der Waals surface area (Å²) in [6, 6.07) is 5.32. The average Bonchev–Trinajstić information content (AvgIpc) is 2.37. The predicted octanol–water partition coefficient (Wildman–Crippen LogP) is 4.29. The number of hydrogen-bond donors (Lipinski definition) is 0. The molecule has 6 heteroatoms. The molecule has 2 aromatic rings. The van der Waals surface area contributed by atoms with Crippen LogP contribution in [0.5, 0.6) is 0 Å². The fourth-order valence-electron chi connectivity index (χ4n) is 1.77. The molecule has 0 aliphatic rings. The number of alkyl halides is 3. The highest BCUT2D eigenvalue weighted by atomic mass is 35.5. The number of aromatic nitrogens is 1. The number of benzene rings is 1. The van der Waals surface area contributed by atoms with Crippen LogP contribution in [0.2, 0.25) is 5.02 Å². The molecule has 104 valence electrons. The second-order valence-electron chi connectivity index (χ2n) is 4.23. The second kappa shape index (κ2) is 5.25. The number of pyridine rings is 1. The molecule has 2 nitrogen and oxygen atoms in total. The Morgan fingerprint density at radius 3 is 2.50 bits per heavy atom. The van der Waals surface area contributed by atoms with Gasteiger partial charge in [0.05, 0.1) is 16.1 Å². The van der Waals surface area contributed by atoms with Crippen molar-refractivity contribution in [1.29, 1.82) is 0 Å². The lowest BCUT2D eigenvalue weighted by Gasteiger charge is -2.12. The van der Waals surface area contributed by atoms with Crippen molar-refractivity contribution < 1.29 is 18.0 Å². The Balaban J connectivity index is 2.55. The van der Waals surface area contributed by atoms with Crippen LogP contribution in [-0.4, -0.2) is 10.8 Å². The Hall–Kier alpha value is -1.88. The van der Waals surface area contributed by atoms with Gasteiger partial charge in [0.25, 0.3) is 0 Å². The highest BCUT2D eigenvalue weighted by molar-refractivity contribution is 6.35. The first-order chi connectivity index (χ1) is 9.30. The largest absolute Gasteiger partial charge is 0.417 e. The minimum Gasteiger partial charge on any atom is -0.288 e. The van der Waals surface area contributed by atoms with Gasteiger partial charge < -0.3 is 0 Å². The average molecular weight is 300 g/mol. The Labute approximate surface area is 118 Å². The summed E-state index contributed by atoms with van der Waals surface area (Å²) in [5, 5.41) is 0.118. The minimum atomic E-state index is -4.62. The van der Waals surface area contributed by atoms with E-state index in [1.807, 2.05) is 0 Å². The first-order valence-electron chi connectivity index (χ1n) is 5.63. The molecule has 0 atom stereocenters. The van der Waals surface area contributed by atoms with Crippen LogP contribution >= 0.6 is 11.6 Å². The molecule has 0 bridgehead atoms. The van der Waals surface area contributed by atoms with Crippen LogP contribution in [-0.2, 0) is 6.18 Å². The molecule has 0 radical (unpaired) electrons. The fourth-order valence-corrected chi connectivity index (χ4v) is 2.09. The number of carbonyl (C=O) groups excluding carboxylic acids is 1. The first-order valence-corrected chi connectivity index (χ1v) is 6.00. The maximum atomic E-state index is 12.9. The van der Waals surface area contributed by atoms with E-state index >= 15 is 0 Å². The maximum Gasteiger partial charge on any atom is 0.417 e. The van der Waals surface area contributed by atoms with Crippen LogP contribution in [0.15, 0.2) is 36.7 Å². The summed E-state index contributed by atoms with van der Waals surface area (Å²) in [5.74, 6) is -0.796. The number of aryl methyl sites for hydroxylation is 1. The molecule has 0 aliphatic carbocycles. The van der Waals surface area contributed by atoms with E-state index in [1.165, 1.54) is 12.1 Å². The van der Waals surface area contributed by atoms with Gasteiger partial charge in [0.1, 0.15) is 0 Å². The van der Waals surface area contributed by atoms with Crippen LogP contribution in [0.4, 0.5) is 13.2 Å². The van der Waals surface area contributed by atoms with E-state index in [9.17, 15) is 18.0 Å². The van der Waals surface area contributed by atoms with Crippen LogP contribution in [0.25, 0.3) is 0 Å². The molecular formula is C14H9ClF3NO. The van der Waals surface area contributed by atoms with E-state index in [2.05, 4.69) is 4.98 Å². The summed E-state index contributed by atoms with van der Waals surface area (Å²) in [6.45, 7) is 1.77. The summed E-state index contributed by atoms with van der Waals surface area (Å²) in [6.07, 6.45) is -2.72. The number of ketones is 1. The third-order valence-corrected chi connectivity index (χ3v) is 3.05. The van der Waals surface area contributed by atoms with Gasteiger partial charge in [0.15, 0.2) is 5.78 Å². The quantitative estimate of drug-likeness (QED) is 0.774. The SMILES string of the molecule is Cc1ccc(C(=O)c2cnccc2C(F)(F)F)c(Cl)c1. The van der Waals surface area contributed by atoms with E-state index in [1.54, 1.807) is 13.0 Å². The Morgan fingerprint density at radius 1 is 1.20 bits per heavy atom. The number of hydrogen-bond acceptors (Lipinski definition) is 2. The van der Waals surface area contributed by atoms with Crippen molar-refractivity contribution in [3.05, 3.63) is 63.9 Å². The first kappa shape index (κ1) is 14.5. The third-order valence-electron chi connectivity index (χ3n) is 2.74. The normalized spacial score (nSPS) is 11.4. The summed E-state index contributed by atoms with van der Waals surface area (Å²) < 4.78 is 38.6. The van der Waals surface area contributed by atoms with Crippen molar-refractivity contribution in [2.24, 2.45) is 0 Å². The molecule has 2 rings (SSSR count). The van der Waals surface area contributed by atoms with Crippen LogP contribution < -0.4 is 0 Å². The van der Waals surface area contributed by atoms with Crippen molar-refractivity contribution in [1.82, 2.24) is 4.98 Å². The van der Waals surface area contributed by atoms with Gasteiger partial charge >= 0.3 is 6.18 Å². The molecule has 0 amide bonds. The molecule has 1 aromatic carbocycles. The molecule has 0 saturated heterocycles. The molecule has 0 fully saturated rings. The summed E-state index contributed by atoms with van der Waals surface area (Å²) in [7, 11) is 0. The van der Waals surface area contributed by atoms with Gasteiger partial charge in [-0.2, -0.15) is 13.2 Å². The standard InChI is InChI=1S/C14H9ClF3NO/c1-8-2-3-9(12(15)6-8)13(20)10-7-19-5-4-11(10)14(16,17)18/h2-7H,1H3. The molecule has 0 aliphatic heterocycles. The van der Waals surface area contributed by atoms with E-state index in [-0.39, 0.29) is 10.6 Å². The molecule has 1 aromatic heterocycles. The molecule has 20 heavy (non-hydrogen) atoms. The van der Waals surface area contributed by atoms with Crippen molar-refractivity contribution in [2.45, 2.75) is 13.1 Å². The molecule has 0 saturated carbocycles. The second-order valence-corrected chi connectivity index (χ2v) is 4.64. The lowest BCUT2D eigenvalue weighted by atomic mass is 9.99. The Morgan fingerprint density at radius 2 is 1.90 bits per heavy atom. The van der Waals surface area contributed by atoms with Crippen molar-refractivity contribution in [2.75, 3.05) is 0 Å². The van der Waals surface area contributed by atoms with Gasteiger partial charge in [0.2, 0.25) is 0 Å². The molecule has 0 spiro atoms. The van der Waals surface area contributed by atoms with Gasteiger partial charge in [-0.05, 0) is 30.7 Å². The zero-order chi connectivity index (χ0) is 14.9. The van der Waals surface area contributed by atoms with Crippen LogP contribution in [0, 0.1) is 6.92 Å². The highest BCUT2D eigenvalue weighted by Crippen LogP contribution is 2.33. The summed E-state index contributed by atoms with van der Waals surface area (Å²) in [4.78, 5) is 15.8. The van der Waals surface area contributed by atoms with E-state index in [0.29, 0.717) is 0 Å². The minimum absolute atomic E-state index is 0.0239. The topological polar surface area (TPSA) is 30.0 Å². The summed E-state index contributed by atoms with van der Waals surface area (Å²) in [5.41, 5.74) is -0.690. The van der Waals surface area contributed by atoms with Gasteiger partial charge in [-0.1, -0.05) is 17.7 Å². The van der Waals surface area contributed by atoms with Crippen LogP contribution in [0.3, 0.4) is 0 Å². The van der Waals surface area contributed by atoms with Gasteiger partial charge in [-0.25, -0.2) is 0 Å². The van der Waals surface area contributed by atoms with E-state index in [0.717, 1.165) is 24.0 Å². The monoisotopic (exact) mass is 299 g/mol. The Kier molecular flexibility index (Phi) is 3.81. The number of nitrogens with zero attached hydrogens (tertiary/aromatic N) is 1. The lowest BCUT2D eigenvalue weighted by molar-refractivity contribution is -0.137. The molecular weight excluding hydrogens is 291 g/mol. The summed E-state index contributed by atoms with van der Waals surface area (Å²) >= 11 is 5.92. The predicted molar refractivity (Wildman–Crippen MR) is 68.9 cm³/mol. The van der Waals surface area contributed by atoms with Crippen molar-refractivity contribution in [3.8, 4) is 0 Å². The van der Waals surface area contributed by atoms with Gasteiger partial charge in [0, 0.05) is 18.0 Å². The van der Waals surface area contributed by atoms with E-state index in [4.69, 9.17) is 11.6 Å². The highest BCUT2D eigenvalue weighted by Gasteiger charge is 2.35. The number of rotatable bonds is 2. The molecule has 0 unspecified atom stereocenters. The van der Waals surface area contributed by atoms with E-state index < -0.39 is 23.1 Å². The number of carbonyl (C=O) groups is 1. The number of halogens is 4. The zero-order valence-electron chi connectivity index (χ0n) is 10.3. The van der Waals surface area contributed by atoms with Crippen LogP contribution in [0.1, 0.15) is 27.0 Å². The maximum absolute atomic E-state index is 12.9.